The molecule has 1 aliphatic carbocycles. The number of ether oxygens (including phenoxy) is 1. The number of anilines is 1. The Morgan fingerprint density at radius 1 is 1.00 bits per heavy atom. The zero-order chi connectivity index (χ0) is 14.7. The second kappa shape index (κ2) is 5.93. The summed E-state index contributed by atoms with van der Waals surface area (Å²) in [4.78, 5) is 2.34. The van der Waals surface area contributed by atoms with Crippen LogP contribution in [-0.4, -0.2) is 20.2 Å². The average molecular weight is 277 g/mol. The first-order chi connectivity index (χ1) is 10.3. The Morgan fingerprint density at radius 3 is 2.38 bits per heavy atom. The number of para-hydroxylation sites is 1. The fourth-order valence-electron chi connectivity index (χ4n) is 2.34. The molecule has 106 valence electrons. The number of hydrogen-bond acceptors (Lipinski definition) is 2. The topological polar surface area (TPSA) is 12.5 Å². The molecule has 2 nitrogen and oxygen atoms in total. The fraction of sp³-hybridized carbons (Fsp3) is 0.263. The molecule has 0 saturated heterocycles. The number of hydrogen-bond donors (Lipinski definition) is 0. The van der Waals surface area contributed by atoms with Crippen LogP contribution in [0.2, 0.25) is 0 Å². The van der Waals surface area contributed by atoms with Crippen molar-refractivity contribution in [2.24, 2.45) is 0 Å². The minimum atomic E-state index is 0.732. The summed E-state index contributed by atoms with van der Waals surface area (Å²) in [5.74, 6) is 7.19. The highest BCUT2D eigenvalue weighted by atomic mass is 16.5. The zero-order valence-corrected chi connectivity index (χ0v) is 12.5. The van der Waals surface area contributed by atoms with Crippen molar-refractivity contribution in [2.75, 3.05) is 19.1 Å². The molecule has 0 spiro atoms. The summed E-state index contributed by atoms with van der Waals surface area (Å²) in [7, 11) is 3.83. The maximum Gasteiger partial charge on any atom is 0.134 e. The minimum absolute atomic E-state index is 0.732. The Bertz CT molecular complexity index is 675. The van der Waals surface area contributed by atoms with Crippen molar-refractivity contribution in [3.8, 4) is 17.6 Å². The van der Waals surface area contributed by atoms with Gasteiger partial charge in [-0.25, -0.2) is 0 Å². The monoisotopic (exact) mass is 277 g/mol. The quantitative estimate of drug-likeness (QED) is 0.793. The number of benzene rings is 2. The lowest BCUT2D eigenvalue weighted by atomic mass is 10.1. The maximum atomic E-state index is 5.31. The number of rotatable bonds is 3. The van der Waals surface area contributed by atoms with Gasteiger partial charge in [0.25, 0.3) is 0 Å². The van der Waals surface area contributed by atoms with Gasteiger partial charge in [-0.15, -0.1) is 0 Å². The molecule has 0 atom stereocenters. The highest BCUT2D eigenvalue weighted by molar-refractivity contribution is 5.54. The third-order valence-corrected chi connectivity index (χ3v) is 3.82. The molecule has 0 aromatic heterocycles. The van der Waals surface area contributed by atoms with Crippen molar-refractivity contribution in [3.63, 3.8) is 0 Å². The summed E-state index contributed by atoms with van der Waals surface area (Å²) in [5.41, 5.74) is 3.20. The Kier molecular flexibility index (Phi) is 3.83. The van der Waals surface area contributed by atoms with Crippen LogP contribution in [0.3, 0.4) is 0 Å². The Morgan fingerprint density at radius 2 is 1.71 bits per heavy atom. The van der Waals surface area contributed by atoms with Crippen molar-refractivity contribution >= 4 is 5.69 Å². The third kappa shape index (κ3) is 3.20. The molecule has 0 N–H and O–H groups in total. The summed E-state index contributed by atoms with van der Waals surface area (Å²) >= 11 is 0. The van der Waals surface area contributed by atoms with Crippen molar-refractivity contribution in [1.82, 2.24) is 0 Å². The van der Waals surface area contributed by atoms with Crippen LogP contribution in [-0.2, 0) is 0 Å². The molecule has 3 rings (SSSR count). The molecule has 0 aliphatic heterocycles. The van der Waals surface area contributed by atoms with E-state index in [-0.39, 0.29) is 0 Å². The first kappa shape index (κ1) is 13.6. The summed E-state index contributed by atoms with van der Waals surface area (Å²) in [6.45, 7) is 0. The summed E-state index contributed by atoms with van der Waals surface area (Å²) in [5, 5.41) is 0. The van der Waals surface area contributed by atoms with Gasteiger partial charge in [-0.05, 0) is 49.2 Å². The van der Waals surface area contributed by atoms with Gasteiger partial charge in [0, 0.05) is 24.3 Å². The minimum Gasteiger partial charge on any atom is -0.495 e. The van der Waals surface area contributed by atoms with Gasteiger partial charge in [-0.2, -0.15) is 0 Å². The van der Waals surface area contributed by atoms with E-state index >= 15 is 0 Å². The molecular weight excluding hydrogens is 258 g/mol. The predicted octanol–water partition coefficient (Wildman–Crippen LogP) is 3.69. The fourth-order valence-corrected chi connectivity index (χ4v) is 2.34. The third-order valence-electron chi connectivity index (χ3n) is 3.82. The molecule has 2 aromatic carbocycles. The number of nitrogens with zero attached hydrogens (tertiary/aromatic N) is 1. The summed E-state index contributed by atoms with van der Waals surface area (Å²) < 4.78 is 5.31. The lowest BCUT2D eigenvalue weighted by Gasteiger charge is -2.18. The van der Waals surface area contributed by atoms with E-state index in [0.717, 1.165) is 22.9 Å². The Hall–Kier alpha value is -2.40. The highest BCUT2D eigenvalue weighted by Crippen LogP contribution is 2.30. The van der Waals surface area contributed by atoms with E-state index in [2.05, 4.69) is 48.1 Å². The van der Waals surface area contributed by atoms with Crippen LogP contribution in [0, 0.1) is 11.8 Å². The van der Waals surface area contributed by atoms with Gasteiger partial charge in [0.1, 0.15) is 5.75 Å². The molecule has 2 aromatic rings. The summed E-state index contributed by atoms with van der Waals surface area (Å²) in [6, 6.07) is 17.0. The molecular formula is C19H19NO. The van der Waals surface area contributed by atoms with E-state index in [1.165, 1.54) is 18.5 Å². The van der Waals surface area contributed by atoms with Crippen LogP contribution in [0.5, 0.6) is 5.75 Å². The number of methoxy groups -OCH3 is 1. The van der Waals surface area contributed by atoms with Crippen molar-refractivity contribution in [3.05, 3.63) is 59.7 Å². The van der Waals surface area contributed by atoms with Gasteiger partial charge in [0.05, 0.1) is 12.7 Å². The molecule has 1 fully saturated rings. The Labute approximate surface area is 126 Å². The standard InChI is InChI=1S/C19H19NO/c1-20(18-13-14-18)17-11-8-15(9-12-17)7-10-16-5-3-4-6-19(16)21-2/h3-6,8-9,11-12,18H,13-14H2,1-2H3. The molecule has 0 radical (unpaired) electrons. The van der Waals surface area contributed by atoms with Gasteiger partial charge in [-0.1, -0.05) is 24.0 Å². The van der Waals surface area contributed by atoms with E-state index in [1.54, 1.807) is 7.11 Å². The second-order valence-corrected chi connectivity index (χ2v) is 5.34. The van der Waals surface area contributed by atoms with Crippen LogP contribution in [0.25, 0.3) is 0 Å². The Balaban J connectivity index is 1.78. The van der Waals surface area contributed by atoms with Gasteiger partial charge in [0.15, 0.2) is 0 Å². The van der Waals surface area contributed by atoms with E-state index in [0.29, 0.717) is 0 Å². The SMILES string of the molecule is COc1ccccc1C#Cc1ccc(N(C)C2CC2)cc1. The summed E-state index contributed by atoms with van der Waals surface area (Å²) in [6.07, 6.45) is 2.62. The van der Waals surface area contributed by atoms with E-state index in [4.69, 9.17) is 4.74 Å². The zero-order valence-electron chi connectivity index (χ0n) is 12.5. The van der Waals surface area contributed by atoms with Crippen LogP contribution < -0.4 is 9.64 Å². The molecule has 1 saturated carbocycles. The predicted molar refractivity (Wildman–Crippen MR) is 86.8 cm³/mol. The first-order valence-corrected chi connectivity index (χ1v) is 7.26. The average Bonchev–Trinajstić information content (AvgIpc) is 3.38. The second-order valence-electron chi connectivity index (χ2n) is 5.34. The molecule has 0 amide bonds. The normalized spacial score (nSPS) is 13.2. The lowest BCUT2D eigenvalue weighted by molar-refractivity contribution is 0.413. The van der Waals surface area contributed by atoms with Crippen molar-refractivity contribution < 1.29 is 4.74 Å². The van der Waals surface area contributed by atoms with Crippen molar-refractivity contribution in [2.45, 2.75) is 18.9 Å². The molecule has 0 bridgehead atoms. The van der Waals surface area contributed by atoms with Gasteiger partial charge < -0.3 is 9.64 Å². The molecule has 2 heteroatoms. The van der Waals surface area contributed by atoms with Crippen LogP contribution in [0.1, 0.15) is 24.0 Å². The first-order valence-electron chi connectivity index (χ1n) is 7.26. The molecule has 0 unspecified atom stereocenters. The molecule has 21 heavy (non-hydrogen) atoms. The van der Waals surface area contributed by atoms with Gasteiger partial charge >= 0.3 is 0 Å². The van der Waals surface area contributed by atoms with Crippen molar-refractivity contribution in [1.29, 1.82) is 0 Å². The van der Waals surface area contributed by atoms with Gasteiger partial charge in [0.2, 0.25) is 0 Å². The van der Waals surface area contributed by atoms with E-state index < -0.39 is 0 Å². The molecule has 1 aliphatic rings. The lowest BCUT2D eigenvalue weighted by Crippen LogP contribution is -2.18. The maximum absolute atomic E-state index is 5.31. The smallest absolute Gasteiger partial charge is 0.134 e. The van der Waals surface area contributed by atoms with E-state index in [1.807, 2.05) is 24.3 Å². The van der Waals surface area contributed by atoms with Crippen LogP contribution >= 0.6 is 0 Å². The van der Waals surface area contributed by atoms with Crippen LogP contribution in [0.4, 0.5) is 5.69 Å². The largest absolute Gasteiger partial charge is 0.495 e. The van der Waals surface area contributed by atoms with Crippen LogP contribution in [0.15, 0.2) is 48.5 Å². The van der Waals surface area contributed by atoms with Gasteiger partial charge in [-0.3, -0.25) is 0 Å². The highest BCUT2D eigenvalue weighted by Gasteiger charge is 2.26. The van der Waals surface area contributed by atoms with E-state index in [9.17, 15) is 0 Å². The molecule has 0 heterocycles.